The molecule has 13 heteroatoms. The van der Waals surface area contributed by atoms with Crippen molar-refractivity contribution in [2.75, 3.05) is 46.7 Å². The first-order valence-corrected chi connectivity index (χ1v) is 16.2. The lowest BCUT2D eigenvalue weighted by atomic mass is 10.0. The van der Waals surface area contributed by atoms with Gasteiger partial charge in [0.2, 0.25) is 5.91 Å². The number of aldehydes is 1. The second-order valence-corrected chi connectivity index (χ2v) is 11.6. The van der Waals surface area contributed by atoms with Crippen molar-refractivity contribution in [3.63, 3.8) is 0 Å². The van der Waals surface area contributed by atoms with E-state index in [2.05, 4.69) is 41.2 Å². The fourth-order valence-electron chi connectivity index (χ4n) is 5.20. The number of imidazole rings is 1. The molecular formula is C34H46ClFN8O3. The molecule has 3 heterocycles. The molecule has 0 saturated carbocycles. The Kier molecular flexibility index (Phi) is 15.5. The Labute approximate surface area is 280 Å². The number of benzene rings is 2. The molecule has 2 aromatic heterocycles. The largest absolute Gasteiger partial charge is 0.496 e. The summed E-state index contributed by atoms with van der Waals surface area (Å²) in [5, 5.41) is 6.70. The van der Waals surface area contributed by atoms with E-state index in [4.69, 9.17) is 16.3 Å². The van der Waals surface area contributed by atoms with Crippen LogP contribution < -0.4 is 21.1 Å². The molecule has 1 amide bonds. The van der Waals surface area contributed by atoms with E-state index >= 15 is 0 Å². The number of nitrogens with two attached hydrogens (primary N) is 1. The number of halogens is 2. The number of aryl methyl sites for hydroxylation is 3. The number of fused-ring (bicyclic) bond motifs is 1. The highest BCUT2D eigenvalue weighted by atomic mass is 35.5. The normalized spacial score (nSPS) is 12.7. The van der Waals surface area contributed by atoms with Crippen molar-refractivity contribution in [2.24, 2.45) is 11.7 Å². The Morgan fingerprint density at radius 3 is 2.55 bits per heavy atom. The van der Waals surface area contributed by atoms with Gasteiger partial charge in [-0.05, 0) is 69.6 Å². The van der Waals surface area contributed by atoms with Crippen LogP contribution in [0.3, 0.4) is 0 Å². The summed E-state index contributed by atoms with van der Waals surface area (Å²) in [6.07, 6.45) is 11.6. The summed E-state index contributed by atoms with van der Waals surface area (Å²) in [6.45, 7) is 1.83. The summed E-state index contributed by atoms with van der Waals surface area (Å²) in [7, 11) is 6.84. The molecule has 4 aromatic rings. The second-order valence-electron chi connectivity index (χ2n) is 11.2. The molecule has 11 nitrogen and oxygen atoms in total. The van der Waals surface area contributed by atoms with Gasteiger partial charge in [-0.25, -0.2) is 19.3 Å². The van der Waals surface area contributed by atoms with Gasteiger partial charge in [-0.15, -0.1) is 0 Å². The van der Waals surface area contributed by atoms with Gasteiger partial charge in [-0.3, -0.25) is 4.79 Å². The Balaban J connectivity index is 0.000000466. The van der Waals surface area contributed by atoms with Crippen molar-refractivity contribution in [2.45, 2.75) is 51.4 Å². The first-order chi connectivity index (χ1) is 22.8. The molecule has 2 aromatic carbocycles. The maximum atomic E-state index is 13.6. The number of carbonyl (C=O) groups is 2. The number of unbranched alkanes of at least 4 members (excludes halogenated alkanes) is 4. The van der Waals surface area contributed by atoms with E-state index in [9.17, 15) is 14.0 Å². The van der Waals surface area contributed by atoms with Gasteiger partial charge in [0, 0.05) is 62.0 Å². The molecule has 0 radical (unpaired) electrons. The number of H-pyrrole nitrogens is 1. The number of hydrogen-bond acceptors (Lipinski definition) is 9. The Morgan fingerprint density at radius 1 is 1.11 bits per heavy atom. The molecule has 0 aliphatic carbocycles. The first kappa shape index (κ1) is 37.3. The Morgan fingerprint density at radius 2 is 1.87 bits per heavy atom. The molecular weight excluding hydrogens is 623 g/mol. The van der Waals surface area contributed by atoms with Gasteiger partial charge >= 0.3 is 0 Å². The number of aromatic nitrogens is 4. The number of carbonyl (C=O) groups excluding carboxylic acids is 2. The molecule has 1 fully saturated rings. The number of ether oxygens (including phenoxy) is 1. The van der Waals surface area contributed by atoms with Gasteiger partial charge in [0.05, 0.1) is 23.6 Å². The van der Waals surface area contributed by atoms with E-state index in [1.807, 2.05) is 25.4 Å². The third kappa shape index (κ3) is 11.3. The summed E-state index contributed by atoms with van der Waals surface area (Å²) >= 11 is 5.93. The van der Waals surface area contributed by atoms with Crippen LogP contribution in [-0.2, 0) is 28.9 Å². The van der Waals surface area contributed by atoms with Crippen LogP contribution in [0.15, 0.2) is 42.9 Å². The summed E-state index contributed by atoms with van der Waals surface area (Å²) in [5.74, 6) is 2.30. The zero-order chi connectivity index (χ0) is 34.2. The van der Waals surface area contributed by atoms with Crippen LogP contribution in [0.5, 0.6) is 5.75 Å². The minimum Gasteiger partial charge on any atom is -0.496 e. The number of nitrogens with one attached hydrogen (secondary N) is 3. The zero-order valence-corrected chi connectivity index (χ0v) is 28.4. The van der Waals surface area contributed by atoms with Crippen LogP contribution in [0, 0.1) is 11.7 Å². The molecule has 0 atom stereocenters. The average Bonchev–Trinajstić information content (AvgIpc) is 3.54. The van der Waals surface area contributed by atoms with E-state index < -0.39 is 5.82 Å². The molecule has 1 aliphatic heterocycles. The Bertz CT molecular complexity index is 1580. The SMILES string of the molecule is CN.CNC(=O)C1CN(C)C1.COc1cc2ncnc(Nc3ccc(F)c(Cl)c3)c2cc1CCc1cnc(CCCCCCC=O)[nH]1. The van der Waals surface area contributed by atoms with Crippen molar-refractivity contribution in [1.82, 2.24) is 30.2 Å². The van der Waals surface area contributed by atoms with Crippen LogP contribution >= 0.6 is 11.6 Å². The van der Waals surface area contributed by atoms with Crippen LogP contribution in [0.4, 0.5) is 15.9 Å². The van der Waals surface area contributed by atoms with Gasteiger partial charge in [0.1, 0.15) is 35.8 Å². The van der Waals surface area contributed by atoms with Crippen molar-refractivity contribution in [1.29, 1.82) is 0 Å². The van der Waals surface area contributed by atoms with E-state index in [-0.39, 0.29) is 16.8 Å². The maximum Gasteiger partial charge on any atom is 0.225 e. The predicted molar refractivity (Wildman–Crippen MR) is 185 cm³/mol. The summed E-state index contributed by atoms with van der Waals surface area (Å²) in [4.78, 5) is 40.0. The van der Waals surface area contributed by atoms with Crippen LogP contribution in [-0.4, -0.2) is 78.4 Å². The fourth-order valence-corrected chi connectivity index (χ4v) is 5.38. The van der Waals surface area contributed by atoms with Gasteiger partial charge in [0.25, 0.3) is 0 Å². The number of methoxy groups -OCH3 is 1. The van der Waals surface area contributed by atoms with Crippen molar-refractivity contribution in [3.05, 3.63) is 70.8 Å². The topological polar surface area (TPSA) is 151 Å². The fraction of sp³-hybridized carbons (Fsp3) is 0.441. The summed E-state index contributed by atoms with van der Waals surface area (Å²) in [6, 6.07) is 8.38. The molecule has 5 rings (SSSR count). The maximum absolute atomic E-state index is 13.6. The quantitative estimate of drug-likeness (QED) is 0.104. The van der Waals surface area contributed by atoms with Gasteiger partial charge in [0.15, 0.2) is 0 Å². The molecule has 0 bridgehead atoms. The third-order valence-electron chi connectivity index (χ3n) is 7.73. The zero-order valence-electron chi connectivity index (χ0n) is 27.6. The molecule has 0 unspecified atom stereocenters. The van der Waals surface area contributed by atoms with E-state index in [0.717, 1.165) is 98.1 Å². The molecule has 1 aliphatic rings. The Hall–Kier alpha value is -4.13. The number of hydrogen-bond donors (Lipinski definition) is 4. The van der Waals surface area contributed by atoms with E-state index in [0.29, 0.717) is 17.9 Å². The lowest BCUT2D eigenvalue weighted by molar-refractivity contribution is -0.129. The van der Waals surface area contributed by atoms with Crippen LogP contribution in [0.2, 0.25) is 5.02 Å². The van der Waals surface area contributed by atoms with Gasteiger partial charge < -0.3 is 35.8 Å². The van der Waals surface area contributed by atoms with Gasteiger partial charge in [-0.2, -0.15) is 0 Å². The minimum absolute atomic E-state index is 0.0394. The number of amides is 1. The smallest absolute Gasteiger partial charge is 0.225 e. The van der Waals surface area contributed by atoms with Crippen LogP contribution in [0.25, 0.3) is 10.9 Å². The van der Waals surface area contributed by atoms with Crippen LogP contribution in [0.1, 0.15) is 49.2 Å². The third-order valence-corrected chi connectivity index (χ3v) is 8.02. The summed E-state index contributed by atoms with van der Waals surface area (Å²) in [5.41, 5.74) is 7.95. The molecule has 254 valence electrons. The number of rotatable bonds is 14. The average molecular weight is 669 g/mol. The monoisotopic (exact) mass is 668 g/mol. The van der Waals surface area contributed by atoms with Crippen molar-refractivity contribution in [3.8, 4) is 5.75 Å². The number of aromatic amines is 1. The standard InChI is InChI=1S/C27H29ClFN5O2.C6H12N2O.CH5N/c1-36-25-15-24-21(27(32-17-31-24)34-19-10-11-23(29)22(28)14-19)13-18(25)8-9-20-16-30-26(33-20)7-5-3-2-4-6-12-35;1-7-6(9)5-3-8(2)4-5;1-2/h10-17H,2-9H2,1H3,(H,30,33)(H,31,32,34);5H,3-4H2,1-2H3,(H,7,9);2H2,1H3. The second kappa shape index (κ2) is 19.5. The molecule has 5 N–H and O–H groups in total. The predicted octanol–water partition coefficient (Wildman–Crippen LogP) is 5.24. The first-order valence-electron chi connectivity index (χ1n) is 15.8. The molecule has 1 saturated heterocycles. The highest BCUT2D eigenvalue weighted by Gasteiger charge is 2.28. The highest BCUT2D eigenvalue weighted by molar-refractivity contribution is 6.31. The number of likely N-dealkylation sites (tertiary alicyclic amines) is 1. The lowest BCUT2D eigenvalue weighted by Crippen LogP contribution is -2.50. The highest BCUT2D eigenvalue weighted by Crippen LogP contribution is 2.31. The molecule has 47 heavy (non-hydrogen) atoms. The number of nitrogens with zero attached hydrogens (tertiary/aromatic N) is 4. The lowest BCUT2D eigenvalue weighted by Gasteiger charge is -2.34. The van der Waals surface area contributed by atoms with Crippen molar-refractivity contribution < 1.29 is 18.7 Å². The number of anilines is 2. The van der Waals surface area contributed by atoms with E-state index in [1.54, 1.807) is 20.2 Å². The summed E-state index contributed by atoms with van der Waals surface area (Å²) < 4.78 is 19.2. The van der Waals surface area contributed by atoms with Crippen molar-refractivity contribution >= 4 is 46.2 Å². The molecule has 0 spiro atoms. The minimum atomic E-state index is -0.474. The van der Waals surface area contributed by atoms with Gasteiger partial charge in [-0.1, -0.05) is 24.4 Å². The van der Waals surface area contributed by atoms with E-state index in [1.165, 1.54) is 25.5 Å².